The van der Waals surface area contributed by atoms with Crippen molar-refractivity contribution < 1.29 is 19.1 Å². The predicted octanol–water partition coefficient (Wildman–Crippen LogP) is 3.10. The molecule has 1 amide bonds. The molecule has 0 radical (unpaired) electrons. The Balaban J connectivity index is 1.64. The Kier molecular flexibility index (Phi) is 5.15. The number of methoxy groups -OCH3 is 1. The summed E-state index contributed by atoms with van der Waals surface area (Å²) in [5.74, 6) is 0.339. The van der Waals surface area contributed by atoms with Crippen LogP contribution in [0.3, 0.4) is 0 Å². The minimum Gasteiger partial charge on any atom is -0.489 e. The summed E-state index contributed by atoms with van der Waals surface area (Å²) in [5.41, 5.74) is 0.945. The standard InChI is InChI=1S/C18H19NO4S/c1-22-18(21)15-8-5-9-19(15)17(20)16-10-13(12-24-16)11-23-14-6-3-2-4-7-14/h2-4,6-7,10,12,15H,5,8-9,11H2,1H3. The van der Waals surface area contributed by atoms with Gasteiger partial charge in [-0.2, -0.15) is 0 Å². The Bertz CT molecular complexity index is 713. The highest BCUT2D eigenvalue weighted by molar-refractivity contribution is 7.12. The van der Waals surface area contributed by atoms with Crippen LogP contribution in [0.1, 0.15) is 28.1 Å². The van der Waals surface area contributed by atoms with Gasteiger partial charge in [-0.05, 0) is 36.4 Å². The molecule has 2 aromatic rings. The highest BCUT2D eigenvalue weighted by Gasteiger charge is 2.35. The molecule has 1 aliphatic rings. The molecular weight excluding hydrogens is 326 g/mol. The van der Waals surface area contributed by atoms with Gasteiger partial charge in [-0.3, -0.25) is 4.79 Å². The third kappa shape index (κ3) is 3.59. The van der Waals surface area contributed by atoms with Gasteiger partial charge in [-0.1, -0.05) is 18.2 Å². The molecule has 0 saturated carbocycles. The molecule has 0 N–H and O–H groups in total. The van der Waals surface area contributed by atoms with Crippen LogP contribution < -0.4 is 4.74 Å². The summed E-state index contributed by atoms with van der Waals surface area (Å²) < 4.78 is 10.5. The molecule has 5 nitrogen and oxygen atoms in total. The number of esters is 1. The Morgan fingerprint density at radius 2 is 2.08 bits per heavy atom. The molecule has 126 valence electrons. The first-order valence-electron chi connectivity index (χ1n) is 7.83. The van der Waals surface area contributed by atoms with E-state index in [9.17, 15) is 9.59 Å². The fourth-order valence-electron chi connectivity index (χ4n) is 2.78. The van der Waals surface area contributed by atoms with E-state index in [1.807, 2.05) is 41.8 Å². The molecule has 24 heavy (non-hydrogen) atoms. The fraction of sp³-hybridized carbons (Fsp3) is 0.333. The summed E-state index contributed by atoms with van der Waals surface area (Å²) in [6.45, 7) is 1.00. The summed E-state index contributed by atoms with van der Waals surface area (Å²) in [6, 6.07) is 10.9. The topological polar surface area (TPSA) is 55.8 Å². The van der Waals surface area contributed by atoms with E-state index in [1.165, 1.54) is 18.4 Å². The second-order valence-electron chi connectivity index (χ2n) is 5.60. The van der Waals surface area contributed by atoms with Crippen molar-refractivity contribution in [3.63, 3.8) is 0 Å². The molecule has 1 aliphatic heterocycles. The van der Waals surface area contributed by atoms with Crippen molar-refractivity contribution in [1.29, 1.82) is 0 Å². The van der Waals surface area contributed by atoms with Gasteiger partial charge in [0.05, 0.1) is 12.0 Å². The van der Waals surface area contributed by atoms with E-state index in [2.05, 4.69) is 0 Å². The van der Waals surface area contributed by atoms with E-state index >= 15 is 0 Å². The molecule has 1 fully saturated rings. The molecule has 1 aromatic carbocycles. The number of amides is 1. The van der Waals surface area contributed by atoms with Crippen molar-refractivity contribution in [3.8, 4) is 5.75 Å². The molecule has 2 heterocycles. The number of nitrogens with zero attached hydrogens (tertiary/aromatic N) is 1. The molecule has 0 spiro atoms. The van der Waals surface area contributed by atoms with Crippen molar-refractivity contribution in [2.24, 2.45) is 0 Å². The SMILES string of the molecule is COC(=O)C1CCCN1C(=O)c1cc(COc2ccccc2)cs1. The third-order valence-corrected chi connectivity index (χ3v) is 4.97. The van der Waals surface area contributed by atoms with E-state index in [1.54, 1.807) is 4.90 Å². The highest BCUT2D eigenvalue weighted by atomic mass is 32.1. The number of hydrogen-bond acceptors (Lipinski definition) is 5. The van der Waals surface area contributed by atoms with Gasteiger partial charge in [0.2, 0.25) is 0 Å². The summed E-state index contributed by atoms with van der Waals surface area (Å²) in [5, 5.41) is 1.92. The van der Waals surface area contributed by atoms with Gasteiger partial charge >= 0.3 is 5.97 Å². The molecule has 1 atom stereocenters. The zero-order valence-corrected chi connectivity index (χ0v) is 14.3. The largest absolute Gasteiger partial charge is 0.489 e. The van der Waals surface area contributed by atoms with E-state index in [-0.39, 0.29) is 11.9 Å². The van der Waals surface area contributed by atoms with Gasteiger partial charge in [0, 0.05) is 12.1 Å². The van der Waals surface area contributed by atoms with Crippen LogP contribution in [-0.4, -0.2) is 36.5 Å². The normalized spacial score (nSPS) is 16.9. The highest BCUT2D eigenvalue weighted by Crippen LogP contribution is 2.25. The van der Waals surface area contributed by atoms with E-state index in [0.717, 1.165) is 17.7 Å². The lowest BCUT2D eigenvalue weighted by atomic mass is 10.2. The minimum atomic E-state index is -0.464. The van der Waals surface area contributed by atoms with Crippen LogP contribution in [0.4, 0.5) is 0 Å². The van der Waals surface area contributed by atoms with E-state index in [0.29, 0.717) is 24.4 Å². The van der Waals surface area contributed by atoms with E-state index in [4.69, 9.17) is 9.47 Å². The first-order valence-corrected chi connectivity index (χ1v) is 8.71. The molecule has 1 aromatic heterocycles. The second kappa shape index (κ2) is 7.49. The van der Waals surface area contributed by atoms with Crippen molar-refractivity contribution >= 4 is 23.2 Å². The van der Waals surface area contributed by atoms with Crippen molar-refractivity contribution in [3.05, 3.63) is 52.2 Å². The maximum Gasteiger partial charge on any atom is 0.328 e. The quantitative estimate of drug-likeness (QED) is 0.782. The van der Waals surface area contributed by atoms with Gasteiger partial charge in [0.15, 0.2) is 0 Å². The van der Waals surface area contributed by atoms with Crippen LogP contribution in [0.2, 0.25) is 0 Å². The second-order valence-corrected chi connectivity index (χ2v) is 6.51. The Labute approximate surface area is 144 Å². The number of hydrogen-bond donors (Lipinski definition) is 0. The predicted molar refractivity (Wildman–Crippen MR) is 91.2 cm³/mol. The van der Waals surface area contributed by atoms with Gasteiger partial charge in [-0.15, -0.1) is 11.3 Å². The number of benzene rings is 1. The van der Waals surface area contributed by atoms with Gasteiger partial charge in [-0.25, -0.2) is 4.79 Å². The Morgan fingerprint density at radius 1 is 1.29 bits per heavy atom. The van der Waals surface area contributed by atoms with Gasteiger partial charge in [0.1, 0.15) is 18.4 Å². The number of para-hydroxylation sites is 1. The van der Waals surface area contributed by atoms with Crippen LogP contribution in [0.5, 0.6) is 5.75 Å². The van der Waals surface area contributed by atoms with Crippen molar-refractivity contribution in [2.75, 3.05) is 13.7 Å². The van der Waals surface area contributed by atoms with Crippen LogP contribution in [-0.2, 0) is 16.1 Å². The molecular formula is C18H19NO4S. The fourth-order valence-corrected chi connectivity index (χ4v) is 3.63. The van der Waals surface area contributed by atoms with Crippen molar-refractivity contribution in [1.82, 2.24) is 4.90 Å². The maximum absolute atomic E-state index is 12.7. The average Bonchev–Trinajstić information content (AvgIpc) is 3.29. The number of ether oxygens (including phenoxy) is 2. The molecule has 0 bridgehead atoms. The number of carbonyl (C=O) groups is 2. The Hall–Kier alpha value is -2.34. The monoisotopic (exact) mass is 345 g/mol. The van der Waals surface area contributed by atoms with Gasteiger partial charge in [0.25, 0.3) is 5.91 Å². The first kappa shape index (κ1) is 16.5. The lowest BCUT2D eigenvalue weighted by Gasteiger charge is -2.21. The average molecular weight is 345 g/mol. The number of thiophene rings is 1. The van der Waals surface area contributed by atoms with Gasteiger partial charge < -0.3 is 14.4 Å². The smallest absolute Gasteiger partial charge is 0.328 e. The summed E-state index contributed by atoms with van der Waals surface area (Å²) >= 11 is 1.38. The van der Waals surface area contributed by atoms with Crippen LogP contribution in [0.15, 0.2) is 41.8 Å². The zero-order chi connectivity index (χ0) is 16.9. The molecule has 3 rings (SSSR count). The lowest BCUT2D eigenvalue weighted by molar-refractivity contribution is -0.145. The number of rotatable bonds is 5. The zero-order valence-electron chi connectivity index (χ0n) is 13.4. The lowest BCUT2D eigenvalue weighted by Crippen LogP contribution is -2.40. The molecule has 1 saturated heterocycles. The summed E-state index contributed by atoms with van der Waals surface area (Å²) in [4.78, 5) is 26.7. The van der Waals surface area contributed by atoms with Crippen LogP contribution >= 0.6 is 11.3 Å². The van der Waals surface area contributed by atoms with E-state index < -0.39 is 6.04 Å². The minimum absolute atomic E-state index is 0.112. The number of carbonyl (C=O) groups excluding carboxylic acids is 2. The van der Waals surface area contributed by atoms with Crippen molar-refractivity contribution in [2.45, 2.75) is 25.5 Å². The molecule has 6 heteroatoms. The number of likely N-dealkylation sites (tertiary alicyclic amines) is 1. The summed E-state index contributed by atoms with van der Waals surface area (Å²) in [6.07, 6.45) is 1.48. The molecule has 0 aliphatic carbocycles. The maximum atomic E-state index is 12.7. The first-order chi connectivity index (χ1) is 11.7. The molecule has 1 unspecified atom stereocenters. The van der Waals surface area contributed by atoms with Crippen LogP contribution in [0.25, 0.3) is 0 Å². The van der Waals surface area contributed by atoms with Crippen LogP contribution in [0, 0.1) is 0 Å². The third-order valence-electron chi connectivity index (χ3n) is 4.00. The Morgan fingerprint density at radius 3 is 2.83 bits per heavy atom. The summed E-state index contributed by atoms with van der Waals surface area (Å²) in [7, 11) is 1.35.